The van der Waals surface area contributed by atoms with Crippen molar-refractivity contribution < 1.29 is 14.3 Å². The van der Waals surface area contributed by atoms with Crippen molar-refractivity contribution in [3.05, 3.63) is 101 Å². The summed E-state index contributed by atoms with van der Waals surface area (Å²) >= 11 is 0. The highest BCUT2D eigenvalue weighted by Crippen LogP contribution is 2.31. The van der Waals surface area contributed by atoms with Crippen LogP contribution in [0.25, 0.3) is 10.9 Å². The molecule has 0 saturated heterocycles. The van der Waals surface area contributed by atoms with E-state index >= 15 is 0 Å². The standard InChI is InChI=1S/C25H20N2O3/c1-16-5-9-18(10-6-16)24(28)27-21-13-14-22(20-4-3-15-26-23(20)21)30-25(29)19-11-7-17(2)8-12-19/h3-15H,1-2H3,(H,27,28). The molecule has 1 heterocycles. The van der Waals surface area contributed by atoms with E-state index in [1.807, 2.05) is 44.2 Å². The zero-order chi connectivity index (χ0) is 21.1. The van der Waals surface area contributed by atoms with Gasteiger partial charge in [0.05, 0.1) is 16.8 Å². The predicted octanol–water partition coefficient (Wildman–Crippen LogP) is 5.32. The number of anilines is 1. The van der Waals surface area contributed by atoms with E-state index in [9.17, 15) is 9.59 Å². The Labute approximate surface area is 174 Å². The third-order valence-electron chi connectivity index (χ3n) is 4.78. The topological polar surface area (TPSA) is 68.3 Å². The summed E-state index contributed by atoms with van der Waals surface area (Å²) in [6, 6.07) is 21.4. The van der Waals surface area contributed by atoms with Gasteiger partial charge >= 0.3 is 5.97 Å². The van der Waals surface area contributed by atoms with E-state index in [0.717, 1.165) is 11.1 Å². The molecule has 0 aliphatic carbocycles. The van der Waals surface area contributed by atoms with Gasteiger partial charge in [0.25, 0.3) is 5.91 Å². The van der Waals surface area contributed by atoms with Crippen LogP contribution in [-0.4, -0.2) is 16.9 Å². The number of hydrogen-bond donors (Lipinski definition) is 1. The fourth-order valence-electron chi connectivity index (χ4n) is 3.08. The van der Waals surface area contributed by atoms with Crippen LogP contribution in [0.1, 0.15) is 31.8 Å². The largest absolute Gasteiger partial charge is 0.422 e. The number of aromatic nitrogens is 1. The number of rotatable bonds is 4. The van der Waals surface area contributed by atoms with Gasteiger partial charge in [-0.15, -0.1) is 0 Å². The number of ether oxygens (including phenoxy) is 1. The predicted molar refractivity (Wildman–Crippen MR) is 117 cm³/mol. The monoisotopic (exact) mass is 396 g/mol. The highest BCUT2D eigenvalue weighted by molar-refractivity contribution is 6.09. The van der Waals surface area contributed by atoms with Crippen LogP contribution in [0.3, 0.4) is 0 Å². The number of pyridine rings is 1. The lowest BCUT2D eigenvalue weighted by Gasteiger charge is -2.12. The van der Waals surface area contributed by atoms with Crippen LogP contribution in [0.5, 0.6) is 5.75 Å². The van der Waals surface area contributed by atoms with Gasteiger partial charge in [0.2, 0.25) is 0 Å². The van der Waals surface area contributed by atoms with Gasteiger partial charge in [-0.05, 0) is 62.4 Å². The van der Waals surface area contributed by atoms with Gasteiger partial charge < -0.3 is 10.1 Å². The highest BCUT2D eigenvalue weighted by Gasteiger charge is 2.15. The van der Waals surface area contributed by atoms with E-state index in [-0.39, 0.29) is 5.91 Å². The number of benzene rings is 3. The first-order valence-electron chi connectivity index (χ1n) is 9.56. The Morgan fingerprint density at radius 1 is 0.800 bits per heavy atom. The number of hydrogen-bond acceptors (Lipinski definition) is 4. The van der Waals surface area contributed by atoms with Gasteiger partial charge in [-0.2, -0.15) is 0 Å². The summed E-state index contributed by atoms with van der Waals surface area (Å²) < 4.78 is 5.62. The minimum atomic E-state index is -0.448. The SMILES string of the molecule is Cc1ccc(C(=O)Nc2ccc(OC(=O)c3ccc(C)cc3)c3cccnc23)cc1. The summed E-state index contributed by atoms with van der Waals surface area (Å²) in [5.74, 6) is -0.292. The number of carbonyl (C=O) groups excluding carboxylic acids is 2. The zero-order valence-corrected chi connectivity index (χ0v) is 16.7. The van der Waals surface area contributed by atoms with Crippen LogP contribution >= 0.6 is 0 Å². The van der Waals surface area contributed by atoms with Crippen LogP contribution < -0.4 is 10.1 Å². The first-order chi connectivity index (χ1) is 14.5. The first-order valence-corrected chi connectivity index (χ1v) is 9.56. The Morgan fingerprint density at radius 2 is 1.43 bits per heavy atom. The number of esters is 1. The van der Waals surface area contributed by atoms with Crippen molar-refractivity contribution in [2.75, 3.05) is 5.32 Å². The van der Waals surface area contributed by atoms with Crippen LogP contribution in [0, 0.1) is 13.8 Å². The lowest BCUT2D eigenvalue weighted by atomic mass is 10.1. The maximum Gasteiger partial charge on any atom is 0.343 e. The lowest BCUT2D eigenvalue weighted by Crippen LogP contribution is -2.13. The Hall–Kier alpha value is -3.99. The third kappa shape index (κ3) is 4.05. The quantitative estimate of drug-likeness (QED) is 0.374. The molecule has 3 aromatic carbocycles. The van der Waals surface area contributed by atoms with Crippen LogP contribution in [-0.2, 0) is 0 Å². The van der Waals surface area contributed by atoms with Gasteiger partial charge in [-0.1, -0.05) is 35.4 Å². The van der Waals surface area contributed by atoms with E-state index in [1.54, 1.807) is 48.7 Å². The van der Waals surface area contributed by atoms with Crippen molar-refractivity contribution in [2.24, 2.45) is 0 Å². The summed E-state index contributed by atoms with van der Waals surface area (Å²) in [6.45, 7) is 3.92. The van der Waals surface area contributed by atoms with E-state index < -0.39 is 5.97 Å². The number of aryl methyl sites for hydroxylation is 2. The molecule has 0 saturated carbocycles. The highest BCUT2D eigenvalue weighted by atomic mass is 16.5. The van der Waals surface area contributed by atoms with Gasteiger partial charge in [-0.3, -0.25) is 9.78 Å². The summed E-state index contributed by atoms with van der Waals surface area (Å²) in [4.78, 5) is 29.5. The molecule has 30 heavy (non-hydrogen) atoms. The van der Waals surface area contributed by atoms with Gasteiger partial charge in [-0.25, -0.2) is 4.79 Å². The van der Waals surface area contributed by atoms with Crippen LogP contribution in [0.4, 0.5) is 5.69 Å². The molecular formula is C25H20N2O3. The molecule has 1 N–H and O–H groups in total. The minimum absolute atomic E-state index is 0.230. The van der Waals surface area contributed by atoms with Crippen LogP contribution in [0.2, 0.25) is 0 Å². The van der Waals surface area contributed by atoms with Crippen molar-refractivity contribution in [1.29, 1.82) is 0 Å². The van der Waals surface area contributed by atoms with Gasteiger partial charge in [0, 0.05) is 17.1 Å². The molecule has 0 spiro atoms. The average Bonchev–Trinajstić information content (AvgIpc) is 2.76. The van der Waals surface area contributed by atoms with Crippen molar-refractivity contribution in [1.82, 2.24) is 4.98 Å². The molecule has 1 aromatic heterocycles. The Bertz CT molecular complexity index is 1130. The maximum absolute atomic E-state index is 12.6. The smallest absolute Gasteiger partial charge is 0.343 e. The second kappa shape index (κ2) is 8.17. The zero-order valence-electron chi connectivity index (χ0n) is 16.7. The summed E-state index contributed by atoms with van der Waals surface area (Å²) in [5.41, 5.74) is 4.26. The maximum atomic E-state index is 12.6. The average molecular weight is 396 g/mol. The van der Waals surface area contributed by atoms with E-state index in [2.05, 4.69) is 10.3 Å². The first kappa shape index (κ1) is 19.3. The molecule has 0 bridgehead atoms. The van der Waals surface area contributed by atoms with E-state index in [4.69, 9.17) is 4.74 Å². The van der Waals surface area contributed by atoms with Crippen molar-refractivity contribution in [2.45, 2.75) is 13.8 Å². The minimum Gasteiger partial charge on any atom is -0.422 e. The number of carbonyl (C=O) groups is 2. The van der Waals surface area contributed by atoms with Gasteiger partial charge in [0.15, 0.2) is 0 Å². The van der Waals surface area contributed by atoms with E-state index in [0.29, 0.717) is 33.5 Å². The van der Waals surface area contributed by atoms with Crippen molar-refractivity contribution >= 4 is 28.5 Å². The molecule has 1 amide bonds. The Kier molecular flexibility index (Phi) is 5.26. The number of fused-ring (bicyclic) bond motifs is 1. The molecule has 4 aromatic rings. The van der Waals surface area contributed by atoms with Crippen LogP contribution in [0.15, 0.2) is 79.0 Å². The van der Waals surface area contributed by atoms with E-state index in [1.165, 1.54) is 0 Å². The normalized spacial score (nSPS) is 10.6. The summed E-state index contributed by atoms with van der Waals surface area (Å²) in [5, 5.41) is 3.54. The fraction of sp³-hybridized carbons (Fsp3) is 0.0800. The summed E-state index contributed by atoms with van der Waals surface area (Å²) in [6.07, 6.45) is 1.63. The molecule has 0 fully saturated rings. The van der Waals surface area contributed by atoms with Crippen molar-refractivity contribution in [3.63, 3.8) is 0 Å². The molecule has 0 atom stereocenters. The number of nitrogens with zero attached hydrogens (tertiary/aromatic N) is 1. The molecule has 0 aliphatic rings. The Balaban J connectivity index is 1.63. The molecular weight excluding hydrogens is 376 g/mol. The summed E-state index contributed by atoms with van der Waals surface area (Å²) in [7, 11) is 0. The lowest BCUT2D eigenvalue weighted by molar-refractivity contribution is 0.0737. The molecule has 0 aliphatic heterocycles. The molecule has 4 rings (SSSR count). The Morgan fingerprint density at radius 3 is 2.10 bits per heavy atom. The molecule has 0 radical (unpaired) electrons. The molecule has 0 unspecified atom stereocenters. The molecule has 5 nitrogen and oxygen atoms in total. The second-order valence-corrected chi connectivity index (χ2v) is 7.09. The molecule has 5 heteroatoms. The fourth-order valence-corrected chi connectivity index (χ4v) is 3.08. The number of nitrogens with one attached hydrogen (secondary N) is 1. The number of amides is 1. The van der Waals surface area contributed by atoms with Crippen molar-refractivity contribution in [3.8, 4) is 5.75 Å². The van der Waals surface area contributed by atoms with Gasteiger partial charge in [0.1, 0.15) is 5.75 Å². The third-order valence-corrected chi connectivity index (χ3v) is 4.78. The molecule has 148 valence electrons. The second-order valence-electron chi connectivity index (χ2n) is 7.09.